The van der Waals surface area contributed by atoms with Gasteiger partial charge < -0.3 is 5.73 Å². The van der Waals surface area contributed by atoms with Gasteiger partial charge in [-0.3, -0.25) is 0 Å². The van der Waals surface area contributed by atoms with E-state index < -0.39 is 0 Å². The van der Waals surface area contributed by atoms with Gasteiger partial charge in [0, 0.05) is 9.61 Å². The van der Waals surface area contributed by atoms with Crippen molar-refractivity contribution in [2.75, 3.05) is 0 Å². The Labute approximate surface area is 97.8 Å². The summed E-state index contributed by atoms with van der Waals surface area (Å²) in [5.41, 5.74) is 7.05. The van der Waals surface area contributed by atoms with Crippen LogP contribution in [0.25, 0.3) is 0 Å². The molecule has 1 aromatic carbocycles. The summed E-state index contributed by atoms with van der Waals surface area (Å²) in [5, 5.41) is 0.809. The highest BCUT2D eigenvalue weighted by Gasteiger charge is 2.10. The normalized spacial score (nSPS) is 12.9. The lowest BCUT2D eigenvalue weighted by Gasteiger charge is -2.13. The summed E-state index contributed by atoms with van der Waals surface area (Å²) in [7, 11) is 0. The lowest BCUT2D eigenvalue weighted by atomic mass is 10.0. The van der Waals surface area contributed by atoms with Gasteiger partial charge in [-0.05, 0) is 40.6 Å². The van der Waals surface area contributed by atoms with Gasteiger partial charge in [-0.15, -0.1) is 0 Å². The molecule has 2 N–H and O–H groups in total. The van der Waals surface area contributed by atoms with E-state index in [-0.39, 0.29) is 6.04 Å². The molecule has 0 saturated carbocycles. The van der Waals surface area contributed by atoms with E-state index in [1.54, 1.807) is 0 Å². The smallest absolute Gasteiger partial charge is 0.0587 e. The largest absolute Gasteiger partial charge is 0.324 e. The van der Waals surface area contributed by atoms with Crippen LogP contribution in [0.4, 0.5) is 0 Å². The van der Waals surface area contributed by atoms with Gasteiger partial charge in [-0.2, -0.15) is 0 Å². The molecule has 1 nitrogen and oxygen atoms in total. The zero-order valence-corrected chi connectivity index (χ0v) is 10.5. The van der Waals surface area contributed by atoms with E-state index in [4.69, 9.17) is 17.3 Å². The summed E-state index contributed by atoms with van der Waals surface area (Å²) in [6.07, 6.45) is 2.07. The first-order valence-corrected chi connectivity index (χ1v) is 5.82. The van der Waals surface area contributed by atoms with Crippen molar-refractivity contribution in [1.82, 2.24) is 0 Å². The van der Waals surface area contributed by atoms with Crippen LogP contribution < -0.4 is 5.73 Å². The Morgan fingerprint density at radius 2 is 2.23 bits per heavy atom. The van der Waals surface area contributed by atoms with Crippen LogP contribution in [0.5, 0.6) is 0 Å². The van der Waals surface area contributed by atoms with Gasteiger partial charge in [-0.1, -0.05) is 37.1 Å². The number of hydrogen-bond donors (Lipinski definition) is 1. The quantitative estimate of drug-likeness (QED) is 0.846. The predicted octanol–water partition coefficient (Wildman–Crippen LogP) is 3.74. The molecule has 1 aromatic rings. The van der Waals surface area contributed by atoms with Gasteiger partial charge in [0.05, 0.1) is 5.02 Å². The molecular weight excluding hydrogens is 296 g/mol. The van der Waals surface area contributed by atoms with Crippen LogP contribution in [0.2, 0.25) is 5.02 Å². The summed E-state index contributed by atoms with van der Waals surface area (Å²) in [4.78, 5) is 0. The minimum absolute atomic E-state index is 0.0761. The van der Waals surface area contributed by atoms with Gasteiger partial charge in [0.1, 0.15) is 0 Å². The lowest BCUT2D eigenvalue weighted by Crippen LogP contribution is -2.10. The maximum atomic E-state index is 6.14. The molecule has 0 radical (unpaired) electrons. The van der Waals surface area contributed by atoms with Crippen molar-refractivity contribution < 1.29 is 0 Å². The Balaban J connectivity index is 2.93. The van der Waals surface area contributed by atoms with Crippen molar-refractivity contribution in [3.63, 3.8) is 0 Å². The van der Waals surface area contributed by atoms with E-state index in [1.807, 2.05) is 18.2 Å². The van der Waals surface area contributed by atoms with Crippen LogP contribution in [-0.4, -0.2) is 0 Å². The van der Waals surface area contributed by atoms with Crippen molar-refractivity contribution in [3.8, 4) is 0 Å². The van der Waals surface area contributed by atoms with Gasteiger partial charge in [-0.25, -0.2) is 0 Å². The van der Waals surface area contributed by atoms with Crippen molar-refractivity contribution >= 4 is 34.2 Å². The number of nitrogens with two attached hydrogens (primary N) is 1. The van der Waals surface area contributed by atoms with Gasteiger partial charge in [0.25, 0.3) is 0 Å². The highest BCUT2D eigenvalue weighted by Crippen LogP contribution is 2.28. The van der Waals surface area contributed by atoms with Crippen molar-refractivity contribution in [1.29, 1.82) is 0 Å². The Morgan fingerprint density at radius 1 is 1.54 bits per heavy atom. The maximum Gasteiger partial charge on any atom is 0.0587 e. The molecule has 0 amide bonds. The second-order valence-corrected chi connectivity index (χ2v) is 4.58. The molecule has 0 spiro atoms. The topological polar surface area (TPSA) is 26.0 Å². The number of rotatable bonds is 3. The van der Waals surface area contributed by atoms with E-state index in [0.717, 1.165) is 27.0 Å². The van der Waals surface area contributed by atoms with E-state index in [2.05, 4.69) is 29.5 Å². The first kappa shape index (κ1) is 11.3. The summed E-state index contributed by atoms with van der Waals surface area (Å²) in [6.45, 7) is 2.13. The zero-order chi connectivity index (χ0) is 9.84. The molecule has 72 valence electrons. The standard InChI is InChI=1S/C10H13ClIN/c1-2-4-9(13)7-5-3-6-8(12)10(7)11/h3,5-6,9H,2,4,13H2,1H3/t9-/m0/s1. The molecular formula is C10H13ClIN. The molecule has 1 rings (SSSR count). The third-order valence-corrected chi connectivity index (χ3v) is 3.62. The van der Waals surface area contributed by atoms with Crippen LogP contribution in [0.1, 0.15) is 31.4 Å². The number of hydrogen-bond acceptors (Lipinski definition) is 1. The lowest BCUT2D eigenvalue weighted by molar-refractivity contribution is 0.638. The molecule has 3 heteroatoms. The van der Waals surface area contributed by atoms with Crippen molar-refractivity contribution in [3.05, 3.63) is 32.4 Å². The summed E-state index contributed by atoms with van der Waals surface area (Å²) in [6, 6.07) is 6.07. The zero-order valence-electron chi connectivity index (χ0n) is 7.56. The van der Waals surface area contributed by atoms with Crippen LogP contribution in [-0.2, 0) is 0 Å². The average Bonchev–Trinajstić information content (AvgIpc) is 2.10. The van der Waals surface area contributed by atoms with E-state index in [0.29, 0.717) is 0 Å². The van der Waals surface area contributed by atoms with E-state index in [9.17, 15) is 0 Å². The van der Waals surface area contributed by atoms with Crippen LogP contribution in [0, 0.1) is 3.57 Å². The third-order valence-electron chi connectivity index (χ3n) is 1.98. The van der Waals surface area contributed by atoms with Crippen LogP contribution >= 0.6 is 34.2 Å². The Kier molecular flexibility index (Phi) is 4.49. The second kappa shape index (κ2) is 5.17. The van der Waals surface area contributed by atoms with Crippen molar-refractivity contribution in [2.45, 2.75) is 25.8 Å². The summed E-state index contributed by atoms with van der Waals surface area (Å²) < 4.78 is 1.07. The number of halogens is 2. The Bertz CT molecular complexity index is 288. The molecule has 0 aliphatic carbocycles. The van der Waals surface area contributed by atoms with Crippen LogP contribution in [0.3, 0.4) is 0 Å². The first-order valence-electron chi connectivity index (χ1n) is 4.36. The van der Waals surface area contributed by atoms with Crippen LogP contribution in [0.15, 0.2) is 18.2 Å². The molecule has 13 heavy (non-hydrogen) atoms. The minimum atomic E-state index is 0.0761. The Hall–Kier alpha value is 0.200. The highest BCUT2D eigenvalue weighted by atomic mass is 127. The van der Waals surface area contributed by atoms with Gasteiger partial charge >= 0.3 is 0 Å². The third kappa shape index (κ3) is 2.82. The highest BCUT2D eigenvalue weighted by molar-refractivity contribution is 14.1. The molecule has 0 heterocycles. The molecule has 0 saturated heterocycles. The summed E-state index contributed by atoms with van der Waals surface area (Å²) >= 11 is 8.36. The molecule has 1 atom stereocenters. The maximum absolute atomic E-state index is 6.14. The molecule has 0 bridgehead atoms. The SMILES string of the molecule is CCC[C@H](N)c1cccc(I)c1Cl. The number of benzene rings is 1. The molecule has 0 aliphatic rings. The second-order valence-electron chi connectivity index (χ2n) is 3.04. The van der Waals surface area contributed by atoms with E-state index >= 15 is 0 Å². The Morgan fingerprint density at radius 3 is 2.85 bits per heavy atom. The van der Waals surface area contributed by atoms with Gasteiger partial charge in [0.2, 0.25) is 0 Å². The molecule has 0 fully saturated rings. The van der Waals surface area contributed by atoms with Crippen molar-refractivity contribution in [2.24, 2.45) is 5.73 Å². The van der Waals surface area contributed by atoms with Gasteiger partial charge in [0.15, 0.2) is 0 Å². The van der Waals surface area contributed by atoms with E-state index in [1.165, 1.54) is 0 Å². The fraction of sp³-hybridized carbons (Fsp3) is 0.400. The fourth-order valence-corrected chi connectivity index (χ4v) is 2.06. The molecule has 0 aliphatic heterocycles. The molecule has 0 unspecified atom stereocenters. The summed E-state index contributed by atoms with van der Waals surface area (Å²) in [5.74, 6) is 0. The predicted molar refractivity (Wildman–Crippen MR) is 66.0 cm³/mol. The minimum Gasteiger partial charge on any atom is -0.324 e. The first-order chi connectivity index (χ1) is 6.16. The average molecular weight is 310 g/mol. The monoisotopic (exact) mass is 309 g/mol. The molecule has 0 aromatic heterocycles. The fourth-order valence-electron chi connectivity index (χ4n) is 1.27.